The molecule has 0 saturated heterocycles. The van der Waals surface area contributed by atoms with Gasteiger partial charge in [0.1, 0.15) is 0 Å². The van der Waals surface area contributed by atoms with Gasteiger partial charge in [-0.05, 0) is 13.3 Å². The highest BCUT2D eigenvalue weighted by Gasteiger charge is 2.01. The Morgan fingerprint density at radius 2 is 2.24 bits per heavy atom. The maximum Gasteiger partial charge on any atom is 0.0950 e. The first-order valence-electron chi connectivity index (χ1n) is 6.05. The highest BCUT2D eigenvalue weighted by molar-refractivity contribution is 4.98. The van der Waals surface area contributed by atoms with Crippen LogP contribution in [0.2, 0.25) is 0 Å². The van der Waals surface area contributed by atoms with Crippen LogP contribution in [0.25, 0.3) is 0 Å². The van der Waals surface area contributed by atoms with Crippen molar-refractivity contribution in [3.8, 4) is 0 Å². The molecule has 1 rings (SSSR count). The van der Waals surface area contributed by atoms with Gasteiger partial charge in [0.15, 0.2) is 0 Å². The fourth-order valence-electron chi connectivity index (χ4n) is 1.54. The molecule has 5 heteroatoms. The summed E-state index contributed by atoms with van der Waals surface area (Å²) in [7, 11) is 1.70. The lowest BCUT2D eigenvalue weighted by Gasteiger charge is -2.04. The molecule has 0 aromatic carbocycles. The summed E-state index contributed by atoms with van der Waals surface area (Å²) < 4.78 is 12.5. The van der Waals surface area contributed by atoms with Crippen LogP contribution in [0, 0.1) is 0 Å². The molecule has 0 bridgehead atoms. The quantitative estimate of drug-likeness (QED) is 0.650. The van der Waals surface area contributed by atoms with Crippen molar-refractivity contribution in [2.24, 2.45) is 5.73 Å². The Labute approximate surface area is 103 Å². The first-order chi connectivity index (χ1) is 8.22. The van der Waals surface area contributed by atoms with Crippen molar-refractivity contribution in [1.82, 2.24) is 9.55 Å². The molecule has 1 atom stereocenters. The van der Waals surface area contributed by atoms with E-state index in [9.17, 15) is 0 Å². The minimum Gasteiger partial charge on any atom is -0.385 e. The number of rotatable bonds is 9. The molecule has 1 heterocycles. The van der Waals surface area contributed by atoms with E-state index in [1.807, 2.05) is 24.0 Å². The van der Waals surface area contributed by atoms with Crippen molar-refractivity contribution in [2.75, 3.05) is 26.9 Å². The van der Waals surface area contributed by atoms with Crippen LogP contribution in [0.5, 0.6) is 0 Å². The number of nitrogens with zero attached hydrogens (tertiary/aromatic N) is 2. The number of ether oxygens (including phenoxy) is 2. The number of hydrogen-bond donors (Lipinski definition) is 1. The number of imidazole rings is 1. The van der Waals surface area contributed by atoms with Crippen LogP contribution < -0.4 is 5.73 Å². The lowest BCUT2D eigenvalue weighted by Crippen LogP contribution is -2.17. The highest BCUT2D eigenvalue weighted by Crippen LogP contribution is 1.99. The maximum atomic E-state index is 5.72. The van der Waals surface area contributed by atoms with Gasteiger partial charge in [-0.1, -0.05) is 0 Å². The Bertz CT molecular complexity index is 300. The fraction of sp³-hybridized carbons (Fsp3) is 0.750. The predicted octanol–water partition coefficient (Wildman–Crippen LogP) is 0.826. The molecule has 0 aliphatic carbocycles. The van der Waals surface area contributed by atoms with E-state index < -0.39 is 0 Å². The van der Waals surface area contributed by atoms with Gasteiger partial charge in [0.05, 0.1) is 18.6 Å². The predicted molar refractivity (Wildman–Crippen MR) is 66.9 cm³/mol. The van der Waals surface area contributed by atoms with Crippen LogP contribution in [0.4, 0.5) is 0 Å². The lowest BCUT2D eigenvalue weighted by atomic mass is 10.2. The van der Waals surface area contributed by atoms with Gasteiger partial charge in [0.25, 0.3) is 0 Å². The Kier molecular flexibility index (Phi) is 6.84. The average Bonchev–Trinajstić information content (AvgIpc) is 2.70. The van der Waals surface area contributed by atoms with Crippen molar-refractivity contribution >= 4 is 0 Å². The SMILES string of the molecule is COCCCOCCn1cnc(CC(C)N)c1. The van der Waals surface area contributed by atoms with Crippen molar-refractivity contribution < 1.29 is 9.47 Å². The summed E-state index contributed by atoms with van der Waals surface area (Å²) in [6, 6.07) is 0.156. The van der Waals surface area contributed by atoms with E-state index in [4.69, 9.17) is 15.2 Å². The summed E-state index contributed by atoms with van der Waals surface area (Å²) in [5, 5.41) is 0. The standard InChI is InChI=1S/C12H23N3O2/c1-11(13)8-12-9-15(10-14-12)4-7-17-6-3-5-16-2/h9-11H,3-8,13H2,1-2H3. The molecule has 0 aliphatic heterocycles. The number of nitrogens with two attached hydrogens (primary N) is 1. The smallest absolute Gasteiger partial charge is 0.0950 e. The van der Waals surface area contributed by atoms with E-state index in [1.54, 1.807) is 7.11 Å². The first-order valence-corrected chi connectivity index (χ1v) is 6.05. The lowest BCUT2D eigenvalue weighted by molar-refractivity contribution is 0.0976. The molecule has 0 radical (unpaired) electrons. The summed E-state index contributed by atoms with van der Waals surface area (Å²) in [5.74, 6) is 0. The minimum absolute atomic E-state index is 0.156. The number of hydrogen-bond acceptors (Lipinski definition) is 4. The van der Waals surface area contributed by atoms with Crippen molar-refractivity contribution in [3.63, 3.8) is 0 Å². The molecule has 2 N–H and O–H groups in total. The number of methoxy groups -OCH3 is 1. The summed E-state index contributed by atoms with van der Waals surface area (Å²) in [5.41, 5.74) is 6.76. The van der Waals surface area contributed by atoms with E-state index in [1.165, 1.54) is 0 Å². The molecule has 1 aromatic rings. The third kappa shape index (κ3) is 6.41. The van der Waals surface area contributed by atoms with E-state index in [0.29, 0.717) is 6.61 Å². The monoisotopic (exact) mass is 241 g/mol. The van der Waals surface area contributed by atoms with Crippen molar-refractivity contribution in [1.29, 1.82) is 0 Å². The van der Waals surface area contributed by atoms with E-state index in [2.05, 4.69) is 4.98 Å². The molecule has 0 spiro atoms. The van der Waals surface area contributed by atoms with Crippen LogP contribution in [0.3, 0.4) is 0 Å². The van der Waals surface area contributed by atoms with Crippen LogP contribution in [-0.2, 0) is 22.4 Å². The fourth-order valence-corrected chi connectivity index (χ4v) is 1.54. The van der Waals surface area contributed by atoms with Crippen LogP contribution in [0.1, 0.15) is 19.0 Å². The first kappa shape index (κ1) is 14.2. The minimum atomic E-state index is 0.156. The largest absolute Gasteiger partial charge is 0.385 e. The summed E-state index contributed by atoms with van der Waals surface area (Å²) in [4.78, 5) is 4.29. The Morgan fingerprint density at radius 3 is 2.94 bits per heavy atom. The second-order valence-corrected chi connectivity index (χ2v) is 4.24. The zero-order chi connectivity index (χ0) is 12.5. The van der Waals surface area contributed by atoms with Gasteiger partial charge in [-0.3, -0.25) is 0 Å². The summed E-state index contributed by atoms with van der Waals surface area (Å²) >= 11 is 0. The van der Waals surface area contributed by atoms with Gasteiger partial charge in [-0.25, -0.2) is 4.98 Å². The topological polar surface area (TPSA) is 62.3 Å². The third-order valence-corrected chi connectivity index (χ3v) is 2.35. The normalized spacial score (nSPS) is 12.9. The maximum absolute atomic E-state index is 5.72. The Hall–Kier alpha value is -0.910. The van der Waals surface area contributed by atoms with E-state index >= 15 is 0 Å². The van der Waals surface area contributed by atoms with Gasteiger partial charge < -0.3 is 19.8 Å². The second kappa shape index (κ2) is 8.22. The average molecular weight is 241 g/mol. The molecule has 17 heavy (non-hydrogen) atoms. The van der Waals surface area contributed by atoms with Gasteiger partial charge in [0, 0.05) is 45.5 Å². The van der Waals surface area contributed by atoms with Gasteiger partial charge in [-0.2, -0.15) is 0 Å². The summed E-state index contributed by atoms with van der Waals surface area (Å²) in [6.07, 6.45) is 5.62. The van der Waals surface area contributed by atoms with Gasteiger partial charge in [0.2, 0.25) is 0 Å². The molecule has 1 aromatic heterocycles. The summed E-state index contributed by atoms with van der Waals surface area (Å²) in [6.45, 7) is 5.02. The van der Waals surface area contributed by atoms with E-state index in [0.717, 1.165) is 38.3 Å². The molecule has 98 valence electrons. The van der Waals surface area contributed by atoms with Gasteiger partial charge >= 0.3 is 0 Å². The number of aromatic nitrogens is 2. The molecule has 0 fully saturated rings. The van der Waals surface area contributed by atoms with Crippen molar-refractivity contribution in [3.05, 3.63) is 18.2 Å². The second-order valence-electron chi connectivity index (χ2n) is 4.24. The molecular formula is C12H23N3O2. The molecule has 1 unspecified atom stereocenters. The zero-order valence-corrected chi connectivity index (χ0v) is 10.8. The third-order valence-electron chi connectivity index (χ3n) is 2.35. The van der Waals surface area contributed by atoms with Crippen LogP contribution in [0.15, 0.2) is 12.5 Å². The molecule has 0 saturated carbocycles. The Morgan fingerprint density at radius 1 is 1.41 bits per heavy atom. The molecule has 0 amide bonds. The zero-order valence-electron chi connectivity index (χ0n) is 10.8. The van der Waals surface area contributed by atoms with Crippen molar-refractivity contribution in [2.45, 2.75) is 32.4 Å². The Balaban J connectivity index is 2.12. The van der Waals surface area contributed by atoms with Crippen LogP contribution in [-0.4, -0.2) is 42.5 Å². The van der Waals surface area contributed by atoms with Gasteiger partial charge in [-0.15, -0.1) is 0 Å². The van der Waals surface area contributed by atoms with E-state index in [-0.39, 0.29) is 6.04 Å². The molecule has 0 aliphatic rings. The highest BCUT2D eigenvalue weighted by atomic mass is 16.5. The van der Waals surface area contributed by atoms with Crippen LogP contribution >= 0.6 is 0 Å². The molecular weight excluding hydrogens is 218 g/mol. The molecule has 5 nitrogen and oxygen atoms in total.